The lowest BCUT2D eigenvalue weighted by Gasteiger charge is -2.31. The molecule has 2 heterocycles. The Bertz CT molecular complexity index is 744. The zero-order valence-electron chi connectivity index (χ0n) is 13.5. The van der Waals surface area contributed by atoms with E-state index in [4.69, 9.17) is 10.5 Å². The number of hydrogen-bond donors (Lipinski definition) is 1. The first-order chi connectivity index (χ1) is 11.9. The molecule has 2 aliphatic rings. The van der Waals surface area contributed by atoms with Gasteiger partial charge in [-0.25, -0.2) is 9.18 Å². The summed E-state index contributed by atoms with van der Waals surface area (Å²) in [4.78, 5) is 29.9. The Balaban J connectivity index is 1.84. The monoisotopic (exact) mass is 368 g/mol. The van der Waals surface area contributed by atoms with E-state index in [0.29, 0.717) is 23.8 Å². The van der Waals surface area contributed by atoms with Crippen molar-refractivity contribution in [3.8, 4) is 0 Å². The van der Waals surface area contributed by atoms with Crippen LogP contribution in [0.15, 0.2) is 23.2 Å². The summed E-state index contributed by atoms with van der Waals surface area (Å²) in [6, 6.07) is 4.27. The third-order valence-corrected chi connectivity index (χ3v) is 5.28. The van der Waals surface area contributed by atoms with E-state index in [2.05, 4.69) is 4.99 Å². The smallest absolute Gasteiger partial charge is 0.415 e. The zero-order chi connectivity index (χ0) is 18.1. The van der Waals surface area contributed by atoms with Gasteiger partial charge in [-0.15, -0.1) is 0 Å². The van der Waals surface area contributed by atoms with Crippen molar-refractivity contribution < 1.29 is 23.3 Å². The normalized spacial score (nSPS) is 25.4. The first-order valence-electron chi connectivity index (χ1n) is 7.56. The molecular formula is C15H17FN4O4S. The van der Waals surface area contributed by atoms with Crippen LogP contribution in [0.5, 0.6) is 0 Å². The van der Waals surface area contributed by atoms with Crippen molar-refractivity contribution in [2.24, 2.45) is 10.7 Å². The number of carbonyl (C=O) groups is 2. The number of ether oxygens (including phenoxy) is 1. The molecule has 1 unspecified atom stereocenters. The third-order valence-electron chi connectivity index (χ3n) is 4.07. The quantitative estimate of drug-likeness (QED) is 0.768. The molecule has 25 heavy (non-hydrogen) atoms. The molecule has 0 spiro atoms. The van der Waals surface area contributed by atoms with Crippen molar-refractivity contribution in [1.29, 1.82) is 0 Å². The number of nitrogens with zero attached hydrogens (tertiary/aromatic N) is 3. The fourth-order valence-electron chi connectivity index (χ4n) is 2.77. The Kier molecular flexibility index (Phi) is 4.82. The number of aliphatic imine (C=N–C) groups is 1. The number of amides is 2. The van der Waals surface area contributed by atoms with Crippen molar-refractivity contribution in [2.45, 2.75) is 6.10 Å². The minimum absolute atomic E-state index is 0.0582. The van der Waals surface area contributed by atoms with Crippen LogP contribution < -0.4 is 15.5 Å². The number of anilines is 2. The number of nitrogens with two attached hydrogens (primary N) is 1. The molecule has 2 fully saturated rings. The average Bonchev–Trinajstić information content (AvgIpc) is 2.97. The van der Waals surface area contributed by atoms with E-state index in [9.17, 15) is 18.5 Å². The molecule has 2 amide bonds. The maximum absolute atomic E-state index is 14.6. The molecule has 2 saturated heterocycles. The van der Waals surface area contributed by atoms with Gasteiger partial charge in [0, 0.05) is 7.05 Å². The number of rotatable bonds is 3. The van der Waals surface area contributed by atoms with Crippen LogP contribution in [0.1, 0.15) is 0 Å². The number of cyclic esters (lactones) is 1. The van der Waals surface area contributed by atoms with Crippen LogP contribution in [0.4, 0.5) is 20.6 Å². The van der Waals surface area contributed by atoms with Gasteiger partial charge in [-0.3, -0.25) is 14.7 Å². The molecule has 3 rings (SSSR count). The van der Waals surface area contributed by atoms with Gasteiger partial charge in [0.1, 0.15) is 11.6 Å². The van der Waals surface area contributed by atoms with Crippen LogP contribution in [-0.4, -0.2) is 60.1 Å². The van der Waals surface area contributed by atoms with Crippen LogP contribution >= 0.6 is 0 Å². The number of amidine groups is 1. The number of benzene rings is 1. The summed E-state index contributed by atoms with van der Waals surface area (Å²) >= 11 is -0.999. The highest BCUT2D eigenvalue weighted by Crippen LogP contribution is 2.29. The first kappa shape index (κ1) is 17.5. The second-order valence-electron chi connectivity index (χ2n) is 5.60. The lowest BCUT2D eigenvalue weighted by Crippen LogP contribution is -2.45. The van der Waals surface area contributed by atoms with Gasteiger partial charge in [-0.05, 0) is 29.4 Å². The molecule has 134 valence electrons. The fraction of sp³-hybridized carbons (Fsp3) is 0.400. The molecule has 8 nitrogen and oxygen atoms in total. The summed E-state index contributed by atoms with van der Waals surface area (Å²) in [5.41, 5.74) is 5.69. The number of carbonyl (C=O) groups excluding carboxylic acids is 2. The molecule has 10 heteroatoms. The van der Waals surface area contributed by atoms with E-state index < -0.39 is 35.1 Å². The molecule has 2 atom stereocenters. The van der Waals surface area contributed by atoms with Gasteiger partial charge in [0.2, 0.25) is 0 Å². The standard InChI is InChI=1S/C15H17FN4O4S/c1-18-13-8-25(23)5-4-19(13)11-3-2-9(6-10(11)16)20-7-12(14(17)21)24-15(20)22/h2-3,6,12H,4-5,7-8H2,1H3,(H2,17,21)/t12-,25?/m1/s1. The molecule has 0 aliphatic carbocycles. The summed E-state index contributed by atoms with van der Waals surface area (Å²) in [6.45, 7) is 0.336. The van der Waals surface area contributed by atoms with Crippen LogP contribution in [0.2, 0.25) is 0 Å². The second kappa shape index (κ2) is 6.89. The molecule has 0 saturated carbocycles. The van der Waals surface area contributed by atoms with E-state index in [1.165, 1.54) is 12.1 Å². The van der Waals surface area contributed by atoms with Gasteiger partial charge in [0.25, 0.3) is 5.91 Å². The molecule has 1 aromatic carbocycles. The molecule has 2 aliphatic heterocycles. The van der Waals surface area contributed by atoms with E-state index in [1.54, 1.807) is 18.0 Å². The van der Waals surface area contributed by atoms with E-state index in [-0.39, 0.29) is 18.0 Å². The zero-order valence-corrected chi connectivity index (χ0v) is 14.3. The van der Waals surface area contributed by atoms with Crippen molar-refractivity contribution >= 4 is 40.4 Å². The van der Waals surface area contributed by atoms with Crippen molar-refractivity contribution in [3.63, 3.8) is 0 Å². The highest BCUT2D eigenvalue weighted by atomic mass is 32.2. The predicted molar refractivity (Wildman–Crippen MR) is 91.8 cm³/mol. The Morgan fingerprint density at radius 1 is 1.48 bits per heavy atom. The summed E-state index contributed by atoms with van der Waals surface area (Å²) in [6.07, 6.45) is -1.80. The summed E-state index contributed by atoms with van der Waals surface area (Å²) in [5, 5.41) is 0. The van der Waals surface area contributed by atoms with E-state index in [0.717, 1.165) is 4.90 Å². The topological polar surface area (TPSA) is 111 Å². The van der Waals surface area contributed by atoms with Gasteiger partial charge in [-0.1, -0.05) is 0 Å². The second-order valence-corrected chi connectivity index (χ2v) is 7.18. The molecule has 0 radical (unpaired) electrons. The summed E-state index contributed by atoms with van der Waals surface area (Å²) in [5.74, 6) is -0.0552. The molecule has 2 N–H and O–H groups in total. The SMILES string of the molecule is CN=C1C[S+]([O-])CCN1c1ccc(N2C[C@H](C(N)=O)OC2=O)cc1F. The van der Waals surface area contributed by atoms with Crippen LogP contribution in [0.25, 0.3) is 0 Å². The average molecular weight is 368 g/mol. The van der Waals surface area contributed by atoms with Gasteiger partial charge < -0.3 is 19.9 Å². The van der Waals surface area contributed by atoms with Crippen LogP contribution in [0, 0.1) is 5.82 Å². The van der Waals surface area contributed by atoms with Crippen LogP contribution in [0.3, 0.4) is 0 Å². The maximum Gasteiger partial charge on any atom is 0.415 e. The van der Waals surface area contributed by atoms with Gasteiger partial charge in [0.15, 0.2) is 17.7 Å². The summed E-state index contributed by atoms with van der Waals surface area (Å²) < 4.78 is 31.1. The minimum Gasteiger partial charge on any atom is -0.616 e. The van der Waals surface area contributed by atoms with Gasteiger partial charge in [-0.2, -0.15) is 0 Å². The van der Waals surface area contributed by atoms with E-state index in [1.807, 2.05) is 0 Å². The molecule has 0 aromatic heterocycles. The molecule has 0 bridgehead atoms. The highest BCUT2D eigenvalue weighted by molar-refractivity contribution is 7.92. The first-order valence-corrected chi connectivity index (χ1v) is 9.04. The van der Waals surface area contributed by atoms with Gasteiger partial charge >= 0.3 is 6.09 Å². The predicted octanol–water partition coefficient (Wildman–Crippen LogP) is 0.233. The van der Waals surface area contributed by atoms with E-state index >= 15 is 0 Å². The molecular weight excluding hydrogens is 351 g/mol. The Morgan fingerprint density at radius 2 is 2.24 bits per heavy atom. The fourth-order valence-corrected chi connectivity index (χ4v) is 3.87. The number of primary amides is 1. The maximum atomic E-state index is 14.6. The third kappa shape index (κ3) is 3.40. The number of hydrogen-bond acceptors (Lipinski definition) is 5. The lowest BCUT2D eigenvalue weighted by molar-refractivity contribution is -0.124. The minimum atomic E-state index is -1.05. The van der Waals surface area contributed by atoms with Gasteiger partial charge in [0.05, 0.1) is 24.5 Å². The Hall–Kier alpha value is -2.33. The number of halogens is 1. The van der Waals surface area contributed by atoms with Crippen molar-refractivity contribution in [3.05, 3.63) is 24.0 Å². The van der Waals surface area contributed by atoms with Crippen molar-refractivity contribution in [1.82, 2.24) is 0 Å². The largest absolute Gasteiger partial charge is 0.616 e. The molecule has 1 aromatic rings. The highest BCUT2D eigenvalue weighted by Gasteiger charge is 2.36. The lowest BCUT2D eigenvalue weighted by atomic mass is 10.2. The Morgan fingerprint density at radius 3 is 2.84 bits per heavy atom. The van der Waals surface area contributed by atoms with Crippen molar-refractivity contribution in [2.75, 3.05) is 41.4 Å². The van der Waals surface area contributed by atoms with Crippen LogP contribution in [-0.2, 0) is 20.7 Å². The Labute approximate surface area is 146 Å². The summed E-state index contributed by atoms with van der Waals surface area (Å²) in [7, 11) is 1.57.